The number of hydrogen-bond donors (Lipinski definition) is 2. The predicted molar refractivity (Wildman–Crippen MR) is 93.9 cm³/mol. The van der Waals surface area contributed by atoms with Crippen LogP contribution in [0.25, 0.3) is 0 Å². The van der Waals surface area contributed by atoms with E-state index in [0.717, 1.165) is 0 Å². The van der Waals surface area contributed by atoms with E-state index in [4.69, 9.17) is 4.52 Å². The van der Waals surface area contributed by atoms with Crippen molar-refractivity contribution in [2.75, 3.05) is 5.32 Å². The Labute approximate surface area is 150 Å². The number of aryl methyl sites for hydroxylation is 1. The van der Waals surface area contributed by atoms with Gasteiger partial charge in [0.2, 0.25) is 15.9 Å². The van der Waals surface area contributed by atoms with E-state index in [1.54, 1.807) is 19.1 Å². The SMILES string of the molecule is Cc1nc(CNS(=O)(=O)c2ccc(C(=O)Nc3ccccc3)cc2)no1. The Hall–Kier alpha value is -3.04. The van der Waals surface area contributed by atoms with Crippen LogP contribution in [-0.2, 0) is 16.6 Å². The first-order valence-electron chi connectivity index (χ1n) is 7.69. The van der Waals surface area contributed by atoms with Crippen LogP contribution >= 0.6 is 0 Å². The van der Waals surface area contributed by atoms with Crippen LogP contribution in [0.1, 0.15) is 22.1 Å². The zero-order chi connectivity index (χ0) is 18.6. The summed E-state index contributed by atoms with van der Waals surface area (Å²) >= 11 is 0. The third-order valence-electron chi connectivity index (χ3n) is 3.45. The predicted octanol–water partition coefficient (Wildman–Crippen LogP) is 2.11. The van der Waals surface area contributed by atoms with E-state index in [0.29, 0.717) is 17.1 Å². The summed E-state index contributed by atoms with van der Waals surface area (Å²) in [5.74, 6) is 0.272. The van der Waals surface area contributed by atoms with Gasteiger partial charge >= 0.3 is 0 Å². The molecule has 2 N–H and O–H groups in total. The molecule has 26 heavy (non-hydrogen) atoms. The summed E-state index contributed by atoms with van der Waals surface area (Å²) in [4.78, 5) is 16.1. The second-order valence-corrected chi connectivity index (χ2v) is 7.17. The number of anilines is 1. The molecule has 1 heterocycles. The number of carbonyl (C=O) groups is 1. The van der Waals surface area contributed by atoms with E-state index in [2.05, 4.69) is 20.2 Å². The first-order chi connectivity index (χ1) is 12.4. The van der Waals surface area contributed by atoms with Crippen molar-refractivity contribution < 1.29 is 17.7 Å². The van der Waals surface area contributed by atoms with E-state index in [1.807, 2.05) is 18.2 Å². The van der Waals surface area contributed by atoms with Gasteiger partial charge in [0.25, 0.3) is 5.91 Å². The standard InChI is InChI=1S/C17H16N4O4S/c1-12-19-16(21-25-12)11-18-26(23,24)15-9-7-13(8-10-15)17(22)20-14-5-3-2-4-6-14/h2-10,18H,11H2,1H3,(H,20,22). The van der Waals surface area contributed by atoms with E-state index >= 15 is 0 Å². The van der Waals surface area contributed by atoms with Crippen molar-refractivity contribution in [2.24, 2.45) is 0 Å². The molecule has 0 saturated heterocycles. The summed E-state index contributed by atoms with van der Waals surface area (Å²) < 4.78 is 31.7. The summed E-state index contributed by atoms with van der Waals surface area (Å²) in [6, 6.07) is 14.6. The maximum absolute atomic E-state index is 12.3. The second-order valence-electron chi connectivity index (χ2n) is 5.40. The van der Waals surface area contributed by atoms with Gasteiger partial charge in [0.05, 0.1) is 11.4 Å². The molecule has 0 aliphatic heterocycles. The monoisotopic (exact) mass is 372 g/mol. The Morgan fingerprint density at radius 1 is 1.08 bits per heavy atom. The third kappa shape index (κ3) is 4.32. The van der Waals surface area contributed by atoms with Crippen molar-refractivity contribution in [3.8, 4) is 0 Å². The van der Waals surface area contributed by atoms with Crippen LogP contribution in [0.15, 0.2) is 64.0 Å². The topological polar surface area (TPSA) is 114 Å². The lowest BCUT2D eigenvalue weighted by molar-refractivity contribution is 0.102. The Kier molecular flexibility index (Phi) is 5.10. The van der Waals surface area contributed by atoms with Crippen molar-refractivity contribution >= 4 is 21.6 Å². The molecular formula is C17H16N4O4S. The van der Waals surface area contributed by atoms with E-state index in [9.17, 15) is 13.2 Å². The molecule has 0 atom stereocenters. The first-order valence-corrected chi connectivity index (χ1v) is 9.18. The molecule has 0 saturated carbocycles. The fourth-order valence-electron chi connectivity index (χ4n) is 2.17. The van der Waals surface area contributed by atoms with Gasteiger partial charge in [-0.05, 0) is 36.4 Å². The van der Waals surface area contributed by atoms with Crippen LogP contribution in [0.2, 0.25) is 0 Å². The number of sulfonamides is 1. The van der Waals surface area contributed by atoms with Gasteiger partial charge in [0.1, 0.15) is 0 Å². The average Bonchev–Trinajstić information content (AvgIpc) is 3.06. The lowest BCUT2D eigenvalue weighted by atomic mass is 10.2. The molecule has 9 heteroatoms. The van der Waals surface area contributed by atoms with E-state index < -0.39 is 10.0 Å². The van der Waals surface area contributed by atoms with Crippen LogP contribution < -0.4 is 10.0 Å². The number of benzene rings is 2. The van der Waals surface area contributed by atoms with Crippen LogP contribution in [0.3, 0.4) is 0 Å². The Morgan fingerprint density at radius 2 is 1.77 bits per heavy atom. The van der Waals surface area contributed by atoms with Gasteiger partial charge in [-0.1, -0.05) is 23.4 Å². The molecule has 0 bridgehead atoms. The van der Waals surface area contributed by atoms with Gasteiger partial charge in [-0.25, -0.2) is 13.1 Å². The lowest BCUT2D eigenvalue weighted by Crippen LogP contribution is -2.24. The average molecular weight is 372 g/mol. The zero-order valence-corrected chi connectivity index (χ0v) is 14.7. The Bertz CT molecular complexity index is 999. The molecule has 1 amide bonds. The molecule has 3 rings (SSSR count). The molecule has 0 spiro atoms. The van der Waals surface area contributed by atoms with Gasteiger partial charge in [0.15, 0.2) is 5.82 Å². The molecule has 0 fully saturated rings. The molecule has 1 aromatic heterocycles. The van der Waals surface area contributed by atoms with Crippen LogP contribution in [0, 0.1) is 6.92 Å². The van der Waals surface area contributed by atoms with Crippen molar-refractivity contribution in [3.63, 3.8) is 0 Å². The maximum atomic E-state index is 12.3. The molecule has 0 aliphatic carbocycles. The number of carbonyl (C=O) groups excluding carboxylic acids is 1. The lowest BCUT2D eigenvalue weighted by Gasteiger charge is -2.07. The van der Waals surface area contributed by atoms with Gasteiger partial charge in [0, 0.05) is 18.2 Å². The summed E-state index contributed by atoms with van der Waals surface area (Å²) in [5.41, 5.74) is 1.01. The minimum absolute atomic E-state index is 0.0361. The number of para-hydroxylation sites is 1. The number of amides is 1. The maximum Gasteiger partial charge on any atom is 0.255 e. The fraction of sp³-hybridized carbons (Fsp3) is 0.118. The first kappa shape index (κ1) is 17.8. The quantitative estimate of drug-likeness (QED) is 0.685. The third-order valence-corrected chi connectivity index (χ3v) is 4.87. The Balaban J connectivity index is 1.67. The molecule has 8 nitrogen and oxygen atoms in total. The minimum Gasteiger partial charge on any atom is -0.340 e. The number of aromatic nitrogens is 2. The highest BCUT2D eigenvalue weighted by atomic mass is 32.2. The molecule has 0 unspecified atom stereocenters. The van der Waals surface area contributed by atoms with Crippen LogP contribution in [0.5, 0.6) is 0 Å². The highest BCUT2D eigenvalue weighted by molar-refractivity contribution is 7.89. The Morgan fingerprint density at radius 3 is 2.38 bits per heavy atom. The molecule has 2 aromatic carbocycles. The summed E-state index contributed by atoms with van der Waals surface area (Å²) in [7, 11) is -3.75. The summed E-state index contributed by atoms with van der Waals surface area (Å²) in [5, 5.41) is 6.36. The van der Waals surface area contributed by atoms with E-state index in [-0.39, 0.29) is 23.2 Å². The van der Waals surface area contributed by atoms with Gasteiger partial charge < -0.3 is 9.84 Å². The van der Waals surface area contributed by atoms with Crippen molar-refractivity contribution in [1.82, 2.24) is 14.9 Å². The van der Waals surface area contributed by atoms with E-state index in [1.165, 1.54) is 24.3 Å². The van der Waals surface area contributed by atoms with Gasteiger partial charge in [-0.15, -0.1) is 0 Å². The van der Waals surface area contributed by atoms with Crippen LogP contribution in [0.4, 0.5) is 5.69 Å². The highest BCUT2D eigenvalue weighted by Crippen LogP contribution is 2.13. The summed E-state index contributed by atoms with van der Waals surface area (Å²) in [6.45, 7) is 1.53. The largest absolute Gasteiger partial charge is 0.340 e. The van der Waals surface area contributed by atoms with Crippen molar-refractivity contribution in [2.45, 2.75) is 18.4 Å². The normalized spacial score (nSPS) is 11.3. The summed E-state index contributed by atoms with van der Waals surface area (Å²) in [6.07, 6.45) is 0. The molecular weight excluding hydrogens is 356 g/mol. The van der Waals surface area contributed by atoms with Gasteiger partial charge in [-0.2, -0.15) is 4.98 Å². The number of nitrogens with one attached hydrogen (secondary N) is 2. The zero-order valence-electron chi connectivity index (χ0n) is 13.8. The molecule has 0 aliphatic rings. The second kappa shape index (κ2) is 7.46. The molecule has 3 aromatic rings. The van der Waals surface area contributed by atoms with Crippen molar-refractivity contribution in [3.05, 3.63) is 71.9 Å². The minimum atomic E-state index is -3.75. The smallest absolute Gasteiger partial charge is 0.255 e. The van der Waals surface area contributed by atoms with Gasteiger partial charge in [-0.3, -0.25) is 4.79 Å². The number of nitrogens with zero attached hydrogens (tertiary/aromatic N) is 2. The van der Waals surface area contributed by atoms with Crippen molar-refractivity contribution in [1.29, 1.82) is 0 Å². The highest BCUT2D eigenvalue weighted by Gasteiger charge is 2.16. The van der Waals surface area contributed by atoms with Crippen LogP contribution in [-0.4, -0.2) is 24.5 Å². The molecule has 134 valence electrons. The number of hydrogen-bond acceptors (Lipinski definition) is 6. The molecule has 0 radical (unpaired) electrons. The fourth-order valence-corrected chi connectivity index (χ4v) is 3.15. The number of rotatable bonds is 6.